The summed E-state index contributed by atoms with van der Waals surface area (Å²) < 4.78 is 15.7. The Labute approximate surface area is 135 Å². The molecule has 0 aromatic carbocycles. The van der Waals surface area contributed by atoms with Crippen molar-refractivity contribution in [2.45, 2.75) is 120 Å². The normalized spacial score (nSPS) is 97.5. The van der Waals surface area contributed by atoms with E-state index in [-0.39, 0.29) is 0 Å². The molecule has 12 aliphatic rings. The van der Waals surface area contributed by atoms with E-state index >= 15 is 0 Å². The van der Waals surface area contributed by atoms with Gasteiger partial charge in [0.05, 0.1) is 0 Å². The van der Waals surface area contributed by atoms with Crippen LogP contribution in [0.25, 0.3) is 0 Å². The van der Waals surface area contributed by atoms with Gasteiger partial charge in [-0.05, 0) is 0 Å². The zero-order chi connectivity index (χ0) is 14.8. The molecule has 24 heavy (non-hydrogen) atoms. The fourth-order valence-corrected chi connectivity index (χ4v) is 176. The van der Waals surface area contributed by atoms with Crippen LogP contribution in [0.1, 0.15) is 64.2 Å². The number of rotatable bonds is 3. The van der Waals surface area contributed by atoms with Crippen molar-refractivity contribution >= 4 is 7.92 Å². The van der Waals surface area contributed by atoms with E-state index in [0.717, 1.165) is 0 Å². The van der Waals surface area contributed by atoms with Crippen molar-refractivity contribution in [3.8, 4) is 0 Å². The molecule has 10 heterocycles. The first kappa shape index (κ1) is 11.2. The summed E-state index contributed by atoms with van der Waals surface area (Å²) in [4.78, 5) is 0. The second kappa shape index (κ2) is 1.33. The van der Waals surface area contributed by atoms with E-state index < -0.39 is 7.72 Å². The van der Waals surface area contributed by atoms with Crippen LogP contribution in [0.3, 0.4) is 0 Å². The summed E-state index contributed by atoms with van der Waals surface area (Å²) in [5, 5.41) is 0. The van der Waals surface area contributed by atoms with Crippen molar-refractivity contribution < 1.29 is 7.72 Å². The Balaban J connectivity index is 1.18. The van der Waals surface area contributed by atoms with E-state index in [2.05, 4.69) is 0 Å². The minimum atomic E-state index is -3.14. The second-order valence-electron chi connectivity index (χ2n) is 14.6. The average Bonchev–Trinajstić information content (AvgIpc) is 3.57. The zero-order valence-electron chi connectivity index (χ0n) is 14.7. The standard InChI is InChI=1S/C17H26P.C5H5.Ru/c1-3-9-15(10-4-1)18(17-13-7-8-14-17)16-11-5-2-6-12-16;1-2-4-5-3-1;/h7-8,13-16H,1-6,9-12H2;1-5H;. The van der Waals surface area contributed by atoms with Gasteiger partial charge in [0.2, 0.25) is 0 Å². The van der Waals surface area contributed by atoms with E-state index in [1.165, 1.54) is 15.1 Å². The first-order chi connectivity index (χ1) is 11.6. The van der Waals surface area contributed by atoms with Crippen LogP contribution in [-0.2, 0) is 7.72 Å². The molecule has 10 saturated heterocycles. The predicted molar refractivity (Wildman–Crippen MR) is 97.1 cm³/mol. The van der Waals surface area contributed by atoms with Crippen LogP contribution in [-0.4, -0.2) is 15.1 Å². The zero-order valence-corrected chi connectivity index (χ0v) is 17.4. The van der Waals surface area contributed by atoms with Crippen LogP contribution < -0.4 is 0 Å². The van der Waals surface area contributed by atoms with Gasteiger partial charge in [0.15, 0.2) is 0 Å². The van der Waals surface area contributed by atoms with Crippen LogP contribution in [0.15, 0.2) is 0 Å². The molecule has 0 amide bonds. The van der Waals surface area contributed by atoms with Gasteiger partial charge in [0, 0.05) is 0 Å². The van der Waals surface area contributed by atoms with Crippen molar-refractivity contribution in [3.05, 3.63) is 0 Å². The molecule has 0 aromatic rings. The fourth-order valence-electron chi connectivity index (χ4n) is 20.3. The summed E-state index contributed by atoms with van der Waals surface area (Å²) in [6, 6.07) is 0. The molecule has 2 aliphatic carbocycles. The molecular weight excluding hydrogens is 396 g/mol. The van der Waals surface area contributed by atoms with E-state index in [0.29, 0.717) is 7.92 Å². The molecular formula is C22H31PRu. The van der Waals surface area contributed by atoms with Crippen molar-refractivity contribution in [1.29, 1.82) is 0 Å². The topological polar surface area (TPSA) is 0 Å². The SMILES string of the molecule is C1CCC(P(C2CCCCC2)[C]23[CH]4[CH]5[CH]6[CH]2[Ru]56432789[CH]3[CH]2[CH]7[CH]8[CH]39)CC1. The summed E-state index contributed by atoms with van der Waals surface area (Å²) in [7, 11) is -2.65. The van der Waals surface area contributed by atoms with Crippen LogP contribution in [0.2, 0.25) is 40.6 Å². The van der Waals surface area contributed by atoms with Crippen molar-refractivity contribution in [2.24, 2.45) is 0 Å². The molecule has 0 bridgehead atoms. The van der Waals surface area contributed by atoms with Gasteiger partial charge in [-0.15, -0.1) is 0 Å². The summed E-state index contributed by atoms with van der Waals surface area (Å²) in [5.74, 6) is 0. The second-order valence-corrected chi connectivity index (χ2v) is 55.4. The van der Waals surface area contributed by atoms with Gasteiger partial charge in [0.1, 0.15) is 0 Å². The van der Waals surface area contributed by atoms with E-state index in [1.807, 2.05) is 0 Å². The molecule has 0 radical (unpaired) electrons. The van der Waals surface area contributed by atoms with Crippen LogP contribution in [0.5, 0.6) is 0 Å². The summed E-state index contributed by atoms with van der Waals surface area (Å²) in [5.41, 5.74) is 2.61. The third kappa shape index (κ3) is 0.188. The maximum atomic E-state index is 1.71. The summed E-state index contributed by atoms with van der Waals surface area (Å²) >= 11 is 0. The maximum absolute atomic E-state index is 3.14. The fraction of sp³-hybridized carbons (Fsp3) is 1.00. The molecule has 2 saturated carbocycles. The quantitative estimate of drug-likeness (QED) is 0.324. The molecule has 2 heteroatoms. The van der Waals surface area contributed by atoms with Crippen LogP contribution in [0, 0.1) is 0 Å². The number of hydrogen-bond acceptors (Lipinski definition) is 0. The molecule has 12 rings (SSSR count). The number of hydrogen-bond donors (Lipinski definition) is 0. The average molecular weight is 428 g/mol. The van der Waals surface area contributed by atoms with Crippen molar-refractivity contribution in [1.82, 2.24) is 0 Å². The molecule has 12 fully saturated rings. The van der Waals surface area contributed by atoms with Crippen LogP contribution >= 0.6 is 7.92 Å². The monoisotopic (exact) mass is 428 g/mol. The predicted octanol–water partition coefficient (Wildman–Crippen LogP) is 7.43. The third-order valence-corrected chi connectivity index (χ3v) is 95.8. The summed E-state index contributed by atoms with van der Waals surface area (Å²) in [6.07, 6.45) is 16.5. The van der Waals surface area contributed by atoms with E-state index in [9.17, 15) is 0 Å². The molecule has 0 nitrogen and oxygen atoms in total. The third-order valence-electron chi connectivity index (χ3n) is 18.9. The molecule has 4 unspecified atom stereocenters. The minimum absolute atomic E-state index is 0.494. The Morgan fingerprint density at radius 2 is 0.958 bits per heavy atom. The van der Waals surface area contributed by atoms with Gasteiger partial charge in [0.25, 0.3) is 0 Å². The van der Waals surface area contributed by atoms with Gasteiger partial charge < -0.3 is 0 Å². The van der Waals surface area contributed by atoms with Crippen LogP contribution in [0.4, 0.5) is 0 Å². The van der Waals surface area contributed by atoms with Gasteiger partial charge in [-0.1, -0.05) is 0 Å². The molecule has 1 spiro atoms. The Kier molecular flexibility index (Phi) is 0.618. The first-order valence-corrected chi connectivity index (χ1v) is 23.0. The van der Waals surface area contributed by atoms with Gasteiger partial charge >= 0.3 is 136 Å². The van der Waals surface area contributed by atoms with Gasteiger partial charge in [-0.25, -0.2) is 0 Å². The Bertz CT molecular complexity index is 1030. The molecule has 4 atom stereocenters. The molecule has 0 aromatic heterocycles. The first-order valence-electron chi connectivity index (χ1n) is 11.6. The number of fused-ring (bicyclic) bond motifs is 10. The van der Waals surface area contributed by atoms with Crippen molar-refractivity contribution in [3.63, 3.8) is 0 Å². The molecule has 0 N–H and O–H groups in total. The Morgan fingerprint density at radius 1 is 0.542 bits per heavy atom. The Morgan fingerprint density at radius 3 is 1.25 bits per heavy atom. The van der Waals surface area contributed by atoms with Gasteiger partial charge in [-0.3, -0.25) is 0 Å². The van der Waals surface area contributed by atoms with Crippen molar-refractivity contribution in [2.75, 3.05) is 0 Å². The van der Waals surface area contributed by atoms with Gasteiger partial charge in [-0.2, -0.15) is 0 Å². The molecule has 132 valence electrons. The summed E-state index contributed by atoms with van der Waals surface area (Å²) in [6.45, 7) is 0. The molecule has 10 aliphatic heterocycles. The Hall–Kier alpha value is 1.05. The van der Waals surface area contributed by atoms with E-state index in [4.69, 9.17) is 0 Å². The van der Waals surface area contributed by atoms with E-state index in [1.54, 1.807) is 105 Å².